The zero-order valence-corrected chi connectivity index (χ0v) is 32.7. The normalized spacial score (nSPS) is 20.3. The van der Waals surface area contributed by atoms with Gasteiger partial charge in [0.2, 0.25) is 0 Å². The van der Waals surface area contributed by atoms with Gasteiger partial charge < -0.3 is 29.2 Å². The second-order valence-electron chi connectivity index (χ2n) is 13.6. The molecule has 52 heavy (non-hydrogen) atoms. The molecule has 2 aromatic heterocycles. The molecule has 0 unspecified atom stereocenters. The van der Waals surface area contributed by atoms with Crippen LogP contribution < -0.4 is 15.9 Å². The van der Waals surface area contributed by atoms with Gasteiger partial charge in [-0.2, -0.15) is 0 Å². The Morgan fingerprint density at radius 3 is 2.02 bits per heavy atom. The van der Waals surface area contributed by atoms with E-state index in [1.54, 1.807) is 25.3 Å². The summed E-state index contributed by atoms with van der Waals surface area (Å²) in [6.07, 6.45) is 8.92. The lowest BCUT2D eigenvalue weighted by molar-refractivity contribution is -0.161. The summed E-state index contributed by atoms with van der Waals surface area (Å²) in [6, 6.07) is -2.28. The second-order valence-corrected chi connectivity index (χ2v) is 15.4. The number of nitrogens with zero attached hydrogens (tertiary/aromatic N) is 4. The number of terminal acetylenes is 1. The summed E-state index contributed by atoms with van der Waals surface area (Å²) < 4.78 is 45.6. The summed E-state index contributed by atoms with van der Waals surface area (Å²) in [5.74, 6) is 1.08. The van der Waals surface area contributed by atoms with E-state index < -0.39 is 68.1 Å². The van der Waals surface area contributed by atoms with Crippen molar-refractivity contribution >= 4 is 42.6 Å². The quantitative estimate of drug-likeness (QED) is 0.0731. The van der Waals surface area contributed by atoms with E-state index in [0.29, 0.717) is 17.0 Å². The molecule has 0 aromatic carbocycles. The largest absolute Gasteiger partial charge is 0.464 e. The molecule has 4 N–H and O–H groups in total. The monoisotopic (exact) mass is 749 g/mol. The van der Waals surface area contributed by atoms with E-state index in [4.69, 9.17) is 35.6 Å². The van der Waals surface area contributed by atoms with Crippen LogP contribution in [0.3, 0.4) is 0 Å². The van der Waals surface area contributed by atoms with Gasteiger partial charge in [0.15, 0.2) is 17.1 Å². The molecular formula is C35H56N7O9P. The molecule has 1 fully saturated rings. The van der Waals surface area contributed by atoms with E-state index >= 15 is 0 Å². The first-order chi connectivity index (χ1) is 24.5. The maximum Gasteiger partial charge on any atom is 0.342 e. The minimum Gasteiger partial charge on any atom is -0.464 e. The van der Waals surface area contributed by atoms with E-state index in [1.807, 2.05) is 27.7 Å². The Morgan fingerprint density at radius 2 is 1.54 bits per heavy atom. The fraction of sp³-hybridized carbons (Fsp3) is 0.714. The first-order valence-corrected chi connectivity index (χ1v) is 19.6. The molecule has 0 aliphatic carbocycles. The summed E-state index contributed by atoms with van der Waals surface area (Å²) >= 11 is 0. The lowest BCUT2D eigenvalue weighted by Gasteiger charge is -2.32. The third-order valence-corrected chi connectivity index (χ3v) is 11.2. The van der Waals surface area contributed by atoms with E-state index in [1.165, 1.54) is 20.2 Å². The molecule has 3 rings (SSSR count). The van der Waals surface area contributed by atoms with Crippen LogP contribution in [0.15, 0.2) is 6.33 Å². The van der Waals surface area contributed by atoms with Gasteiger partial charge in [-0.3, -0.25) is 23.5 Å². The standard InChI is InChI=1S/C35H56N7O9P/c1-11-25(12-2)17-47-33(44)22(8)40-52(46,41-23(9)34(45)48-18-26(13-3)14-4)49-19-35(15-5)27(50-32(43)21(6)7)16-28(51-35)42-20-37-29-30(36)38-24(10)39-31(29)42/h5,20-23,25-28H,11-14,16-19H2,1-4,6-10H3,(H2,36,38,39)(H2,40,41,46)/t22-,23-,27-,28+,35+/m0/s1. The molecular weight excluding hydrogens is 693 g/mol. The summed E-state index contributed by atoms with van der Waals surface area (Å²) in [7, 11) is -4.36. The number of anilines is 1. The van der Waals surface area contributed by atoms with E-state index in [0.717, 1.165) is 25.7 Å². The third-order valence-electron chi connectivity index (χ3n) is 9.25. The molecule has 0 amide bonds. The molecule has 1 saturated heterocycles. The van der Waals surface area contributed by atoms with Gasteiger partial charge in [-0.25, -0.2) is 25.1 Å². The first kappa shape index (κ1) is 42.8. The molecule has 2 aromatic rings. The van der Waals surface area contributed by atoms with Gasteiger partial charge in [-0.1, -0.05) is 73.1 Å². The first-order valence-electron chi connectivity index (χ1n) is 18.0. The number of nitrogen functional groups attached to an aromatic ring is 1. The molecule has 5 atom stereocenters. The van der Waals surface area contributed by atoms with Crippen LogP contribution >= 0.6 is 7.67 Å². The molecule has 17 heteroatoms. The van der Waals surface area contributed by atoms with Gasteiger partial charge in [0.05, 0.1) is 25.5 Å². The molecule has 1 aliphatic rings. The Balaban J connectivity index is 1.94. The van der Waals surface area contributed by atoms with Crippen LogP contribution in [-0.2, 0) is 42.4 Å². The van der Waals surface area contributed by atoms with Crippen molar-refractivity contribution in [1.29, 1.82) is 0 Å². The van der Waals surface area contributed by atoms with Crippen LogP contribution in [0.4, 0.5) is 5.82 Å². The predicted molar refractivity (Wildman–Crippen MR) is 194 cm³/mol. The predicted octanol–water partition coefficient (Wildman–Crippen LogP) is 4.62. The molecule has 16 nitrogen and oxygen atoms in total. The van der Waals surface area contributed by atoms with Crippen molar-refractivity contribution in [1.82, 2.24) is 29.7 Å². The number of nitrogens with one attached hydrogen (secondary N) is 2. The van der Waals surface area contributed by atoms with Gasteiger partial charge in [0.25, 0.3) is 0 Å². The number of carbonyl (C=O) groups excluding carboxylic acids is 3. The fourth-order valence-corrected chi connectivity index (χ4v) is 7.33. The average molecular weight is 750 g/mol. The number of fused-ring (bicyclic) bond motifs is 1. The maximum atomic E-state index is 14.6. The topological polar surface area (TPSA) is 208 Å². The van der Waals surface area contributed by atoms with Gasteiger partial charge >= 0.3 is 25.6 Å². The van der Waals surface area contributed by atoms with Crippen LogP contribution in [0.2, 0.25) is 0 Å². The molecule has 290 valence electrons. The number of hydrogen-bond donors (Lipinski definition) is 3. The summed E-state index contributed by atoms with van der Waals surface area (Å²) in [4.78, 5) is 52.0. The average Bonchev–Trinajstić information content (AvgIpc) is 3.69. The fourth-order valence-electron chi connectivity index (χ4n) is 5.50. The number of aryl methyl sites for hydroxylation is 1. The number of rotatable bonds is 20. The molecule has 0 bridgehead atoms. The molecule has 0 saturated carbocycles. The van der Waals surface area contributed by atoms with Crippen LogP contribution in [0.5, 0.6) is 0 Å². The Bertz CT molecular complexity index is 1580. The van der Waals surface area contributed by atoms with Gasteiger partial charge in [-0.05, 0) is 32.6 Å². The number of nitrogens with two attached hydrogens (primary N) is 1. The molecule has 0 spiro atoms. The summed E-state index contributed by atoms with van der Waals surface area (Å²) in [5, 5.41) is 5.40. The van der Waals surface area contributed by atoms with Crippen LogP contribution in [-0.4, -0.2) is 81.0 Å². The Kier molecular flexibility index (Phi) is 15.6. The number of esters is 3. The van der Waals surface area contributed by atoms with Crippen molar-refractivity contribution in [2.45, 2.75) is 124 Å². The van der Waals surface area contributed by atoms with Crippen molar-refractivity contribution in [3.05, 3.63) is 12.2 Å². The summed E-state index contributed by atoms with van der Waals surface area (Å²) in [6.45, 7) is 15.7. The molecule has 1 aliphatic heterocycles. The van der Waals surface area contributed by atoms with Crippen molar-refractivity contribution in [2.24, 2.45) is 17.8 Å². The number of ether oxygens (including phenoxy) is 4. The number of carbonyl (C=O) groups is 3. The van der Waals surface area contributed by atoms with E-state index in [9.17, 15) is 18.9 Å². The highest BCUT2D eigenvalue weighted by atomic mass is 31.2. The van der Waals surface area contributed by atoms with E-state index in [2.05, 4.69) is 31.0 Å². The molecule has 0 radical (unpaired) electrons. The van der Waals surface area contributed by atoms with Crippen LogP contribution in [0.25, 0.3) is 11.2 Å². The number of imidazole rings is 1. The Hall–Kier alpha value is -3.61. The zero-order chi connectivity index (χ0) is 38.8. The number of aromatic nitrogens is 4. The summed E-state index contributed by atoms with van der Waals surface area (Å²) in [5.41, 5.74) is 5.00. The Morgan fingerprint density at radius 1 is 1.00 bits per heavy atom. The minimum atomic E-state index is -4.36. The van der Waals surface area contributed by atoms with Crippen LogP contribution in [0.1, 0.15) is 99.5 Å². The van der Waals surface area contributed by atoms with Gasteiger partial charge in [0, 0.05) is 6.42 Å². The highest BCUT2D eigenvalue weighted by Crippen LogP contribution is 2.45. The SMILES string of the molecule is C#C[C@]1(COP(=O)(N[C@@H](C)C(=O)OCC(CC)CC)N[C@@H](C)C(=O)OCC(CC)CC)O[C@@H](n2cnc3c(N)nc(C)nc32)C[C@@H]1OC(=O)C(C)C. The maximum absolute atomic E-state index is 14.6. The lowest BCUT2D eigenvalue weighted by atomic mass is 9.98. The number of hydrogen-bond acceptors (Lipinski definition) is 13. The van der Waals surface area contributed by atoms with Gasteiger partial charge in [0.1, 0.15) is 42.4 Å². The van der Waals surface area contributed by atoms with Crippen molar-refractivity contribution in [3.63, 3.8) is 0 Å². The molecule has 3 heterocycles. The van der Waals surface area contributed by atoms with Crippen molar-refractivity contribution < 1.29 is 42.4 Å². The highest BCUT2D eigenvalue weighted by Gasteiger charge is 2.53. The van der Waals surface area contributed by atoms with Crippen molar-refractivity contribution in [3.8, 4) is 12.3 Å². The third kappa shape index (κ3) is 10.7. The lowest BCUT2D eigenvalue weighted by Crippen LogP contribution is -2.48. The smallest absolute Gasteiger partial charge is 0.342 e. The van der Waals surface area contributed by atoms with Gasteiger partial charge in [-0.15, -0.1) is 6.42 Å². The van der Waals surface area contributed by atoms with E-state index in [-0.39, 0.29) is 37.3 Å². The van der Waals surface area contributed by atoms with Crippen LogP contribution in [0, 0.1) is 37.0 Å². The second kappa shape index (κ2) is 18.9. The minimum absolute atomic E-state index is 0.0447. The zero-order valence-electron chi connectivity index (χ0n) is 31.8. The van der Waals surface area contributed by atoms with Crippen molar-refractivity contribution in [2.75, 3.05) is 25.6 Å². The Labute approximate surface area is 306 Å². The highest BCUT2D eigenvalue weighted by molar-refractivity contribution is 7.54.